The fraction of sp³-hybridized carbons (Fsp3) is 0.500. The van der Waals surface area contributed by atoms with Gasteiger partial charge in [-0.15, -0.1) is 0 Å². The highest BCUT2D eigenvalue weighted by Gasteiger charge is 2.23. The van der Waals surface area contributed by atoms with Gasteiger partial charge in [-0.05, 0) is 18.6 Å². The molecule has 1 amide bonds. The predicted molar refractivity (Wildman–Crippen MR) is 83.1 cm³/mol. The van der Waals surface area contributed by atoms with Gasteiger partial charge >= 0.3 is 0 Å². The lowest BCUT2D eigenvalue weighted by Crippen LogP contribution is -2.45. The van der Waals surface area contributed by atoms with Crippen LogP contribution < -0.4 is 5.32 Å². The van der Waals surface area contributed by atoms with E-state index in [4.69, 9.17) is 11.6 Å². The highest BCUT2D eigenvalue weighted by atomic mass is 35.5. The topological polar surface area (TPSA) is 66.5 Å². The SMILES string of the molecule is C[C@H](NC(=O)CN1CCS(=O)(=O)CC1)c1ccccc1Cl. The fourth-order valence-corrected chi connectivity index (χ4v) is 3.88. The zero-order valence-electron chi connectivity index (χ0n) is 11.9. The van der Waals surface area contributed by atoms with E-state index in [1.165, 1.54) is 0 Å². The Hall–Kier alpha value is -1.11. The molecule has 1 fully saturated rings. The number of amides is 1. The van der Waals surface area contributed by atoms with Gasteiger partial charge in [-0.3, -0.25) is 9.69 Å². The first-order valence-electron chi connectivity index (χ1n) is 6.84. The largest absolute Gasteiger partial charge is 0.348 e. The van der Waals surface area contributed by atoms with Crippen molar-refractivity contribution in [2.75, 3.05) is 31.1 Å². The van der Waals surface area contributed by atoms with E-state index in [-0.39, 0.29) is 30.0 Å². The third kappa shape index (κ3) is 4.69. The minimum atomic E-state index is -2.91. The van der Waals surface area contributed by atoms with Crippen molar-refractivity contribution in [3.05, 3.63) is 34.9 Å². The number of hydrogen-bond acceptors (Lipinski definition) is 4. The van der Waals surface area contributed by atoms with Crippen LogP contribution in [0.15, 0.2) is 24.3 Å². The molecule has 1 atom stereocenters. The van der Waals surface area contributed by atoms with Gasteiger partial charge in [-0.1, -0.05) is 29.8 Å². The van der Waals surface area contributed by atoms with Crippen LogP contribution in [0.1, 0.15) is 18.5 Å². The summed E-state index contributed by atoms with van der Waals surface area (Å²) in [5.41, 5.74) is 0.869. The molecule has 0 spiro atoms. The molecule has 2 rings (SSSR count). The van der Waals surface area contributed by atoms with Gasteiger partial charge in [0.25, 0.3) is 0 Å². The van der Waals surface area contributed by atoms with Gasteiger partial charge in [0, 0.05) is 18.1 Å². The van der Waals surface area contributed by atoms with E-state index in [0.29, 0.717) is 18.1 Å². The van der Waals surface area contributed by atoms with Crippen LogP contribution in [0.4, 0.5) is 0 Å². The van der Waals surface area contributed by atoms with Crippen LogP contribution in [0.25, 0.3) is 0 Å². The summed E-state index contributed by atoms with van der Waals surface area (Å²) in [4.78, 5) is 13.9. The highest BCUT2D eigenvalue weighted by Crippen LogP contribution is 2.21. The molecule has 1 heterocycles. The van der Waals surface area contributed by atoms with Gasteiger partial charge in [-0.25, -0.2) is 8.42 Å². The van der Waals surface area contributed by atoms with E-state index in [1.54, 1.807) is 6.07 Å². The number of halogens is 1. The lowest BCUT2D eigenvalue weighted by atomic mass is 10.1. The van der Waals surface area contributed by atoms with Crippen LogP contribution in [0.5, 0.6) is 0 Å². The van der Waals surface area contributed by atoms with E-state index in [1.807, 2.05) is 30.0 Å². The molecule has 1 aromatic rings. The first-order chi connectivity index (χ1) is 9.87. The molecule has 1 aliphatic heterocycles. The smallest absolute Gasteiger partial charge is 0.234 e. The van der Waals surface area contributed by atoms with Gasteiger partial charge in [0.2, 0.25) is 5.91 Å². The Labute approximate surface area is 130 Å². The molecule has 7 heteroatoms. The highest BCUT2D eigenvalue weighted by molar-refractivity contribution is 7.91. The number of carbonyl (C=O) groups is 1. The molecule has 5 nitrogen and oxygen atoms in total. The molecule has 0 saturated carbocycles. The van der Waals surface area contributed by atoms with E-state index in [0.717, 1.165) is 5.56 Å². The Morgan fingerprint density at radius 3 is 2.57 bits per heavy atom. The standard InChI is InChI=1S/C14H19ClN2O3S/c1-11(12-4-2-3-5-13(12)15)16-14(18)10-17-6-8-21(19,20)9-7-17/h2-5,11H,6-10H2,1H3,(H,16,18)/t11-/m0/s1. The molecule has 21 heavy (non-hydrogen) atoms. The van der Waals surface area contributed by atoms with Gasteiger partial charge in [0.1, 0.15) is 0 Å². The third-order valence-corrected chi connectivity index (χ3v) is 5.51. The second-order valence-corrected chi connectivity index (χ2v) is 7.95. The van der Waals surface area contributed by atoms with Crippen LogP contribution in [0.2, 0.25) is 5.02 Å². The van der Waals surface area contributed by atoms with Crippen LogP contribution in [0, 0.1) is 0 Å². The number of hydrogen-bond donors (Lipinski definition) is 1. The molecule has 1 saturated heterocycles. The third-order valence-electron chi connectivity index (χ3n) is 3.55. The zero-order valence-corrected chi connectivity index (χ0v) is 13.5. The Morgan fingerprint density at radius 2 is 1.95 bits per heavy atom. The summed E-state index contributed by atoms with van der Waals surface area (Å²) in [6.07, 6.45) is 0. The summed E-state index contributed by atoms with van der Waals surface area (Å²) in [7, 11) is -2.91. The van der Waals surface area contributed by atoms with Crippen molar-refractivity contribution in [1.82, 2.24) is 10.2 Å². The number of carbonyl (C=O) groups excluding carboxylic acids is 1. The summed E-state index contributed by atoms with van der Waals surface area (Å²) >= 11 is 6.10. The molecule has 116 valence electrons. The van der Waals surface area contributed by atoms with Crippen LogP contribution in [-0.2, 0) is 14.6 Å². The molecule has 0 aliphatic carbocycles. The van der Waals surface area contributed by atoms with Crippen molar-refractivity contribution < 1.29 is 13.2 Å². The van der Waals surface area contributed by atoms with E-state index in [9.17, 15) is 13.2 Å². The molecule has 1 aromatic carbocycles. The monoisotopic (exact) mass is 330 g/mol. The molecule has 0 unspecified atom stereocenters. The van der Waals surface area contributed by atoms with Gasteiger partial charge in [0.05, 0.1) is 24.1 Å². The Kier molecular flexibility index (Phi) is 5.24. The number of nitrogens with one attached hydrogen (secondary N) is 1. The van der Waals surface area contributed by atoms with Gasteiger partial charge in [-0.2, -0.15) is 0 Å². The number of benzene rings is 1. The first-order valence-corrected chi connectivity index (χ1v) is 9.04. The molecule has 0 bridgehead atoms. The van der Waals surface area contributed by atoms with Crippen molar-refractivity contribution in [1.29, 1.82) is 0 Å². The minimum absolute atomic E-state index is 0.123. The Balaban J connectivity index is 1.86. The summed E-state index contributed by atoms with van der Waals surface area (Å²) in [6, 6.07) is 7.20. The van der Waals surface area contributed by atoms with Crippen LogP contribution >= 0.6 is 11.6 Å². The quantitative estimate of drug-likeness (QED) is 0.902. The number of rotatable bonds is 4. The molecule has 1 N–H and O–H groups in total. The Morgan fingerprint density at radius 1 is 1.33 bits per heavy atom. The van der Waals surface area contributed by atoms with Gasteiger partial charge < -0.3 is 5.32 Å². The first kappa shape index (κ1) is 16.3. The predicted octanol–water partition coefficient (Wildman–Crippen LogP) is 1.25. The van der Waals surface area contributed by atoms with E-state index >= 15 is 0 Å². The number of sulfone groups is 1. The average Bonchev–Trinajstić information content (AvgIpc) is 2.41. The lowest BCUT2D eigenvalue weighted by molar-refractivity contribution is -0.122. The second kappa shape index (κ2) is 6.77. The van der Waals surface area contributed by atoms with Crippen molar-refractivity contribution >= 4 is 27.3 Å². The fourth-order valence-electron chi connectivity index (χ4n) is 2.30. The maximum atomic E-state index is 12.0. The summed E-state index contributed by atoms with van der Waals surface area (Å²) in [5.74, 6) is 0.127. The van der Waals surface area contributed by atoms with Crippen molar-refractivity contribution in [3.63, 3.8) is 0 Å². The molecular weight excluding hydrogens is 312 g/mol. The van der Waals surface area contributed by atoms with Crippen LogP contribution in [-0.4, -0.2) is 50.4 Å². The molecule has 0 aromatic heterocycles. The lowest BCUT2D eigenvalue weighted by Gasteiger charge is -2.26. The minimum Gasteiger partial charge on any atom is -0.348 e. The van der Waals surface area contributed by atoms with Gasteiger partial charge in [0.15, 0.2) is 9.84 Å². The van der Waals surface area contributed by atoms with Crippen molar-refractivity contribution in [2.24, 2.45) is 0 Å². The summed E-state index contributed by atoms with van der Waals surface area (Å²) in [6.45, 7) is 2.91. The Bertz CT molecular complexity index is 604. The number of nitrogens with zero attached hydrogens (tertiary/aromatic N) is 1. The van der Waals surface area contributed by atoms with Crippen molar-refractivity contribution in [2.45, 2.75) is 13.0 Å². The summed E-state index contributed by atoms with van der Waals surface area (Å²) in [5, 5.41) is 3.51. The van der Waals surface area contributed by atoms with E-state index < -0.39 is 9.84 Å². The molecule has 0 radical (unpaired) electrons. The van der Waals surface area contributed by atoms with E-state index in [2.05, 4.69) is 5.32 Å². The van der Waals surface area contributed by atoms with Crippen molar-refractivity contribution in [3.8, 4) is 0 Å². The molecular formula is C14H19ClN2O3S. The summed E-state index contributed by atoms with van der Waals surface area (Å²) < 4.78 is 22.7. The maximum Gasteiger partial charge on any atom is 0.234 e. The normalized spacial score (nSPS) is 19.9. The average molecular weight is 331 g/mol. The maximum absolute atomic E-state index is 12.0. The second-order valence-electron chi connectivity index (χ2n) is 5.24. The van der Waals surface area contributed by atoms with Crippen LogP contribution in [0.3, 0.4) is 0 Å². The molecule has 1 aliphatic rings. The zero-order chi connectivity index (χ0) is 15.5.